The maximum absolute atomic E-state index is 2.75. The van der Waals surface area contributed by atoms with Crippen molar-refractivity contribution in [1.29, 1.82) is 0 Å². The predicted octanol–water partition coefficient (Wildman–Crippen LogP) is 2.59. The first-order valence-corrected chi connectivity index (χ1v) is 6.91. The van der Waals surface area contributed by atoms with E-state index in [0.717, 1.165) is 0 Å². The van der Waals surface area contributed by atoms with Crippen LogP contribution in [-0.4, -0.2) is 48.6 Å². The fraction of sp³-hybridized carbons (Fsp3) is 1.00. The second-order valence-electron chi connectivity index (χ2n) is 6.68. The van der Waals surface area contributed by atoms with E-state index in [1.165, 1.54) is 51.9 Å². The molecule has 1 atom stereocenters. The highest BCUT2D eigenvalue weighted by Crippen LogP contribution is 2.40. The van der Waals surface area contributed by atoms with Crippen LogP contribution in [-0.2, 0) is 0 Å². The van der Waals surface area contributed by atoms with Crippen molar-refractivity contribution in [2.75, 3.05) is 33.2 Å². The van der Waals surface area contributed by atoms with Gasteiger partial charge >= 0.3 is 0 Å². The molecule has 0 amide bonds. The van der Waals surface area contributed by atoms with Crippen LogP contribution < -0.4 is 0 Å². The van der Waals surface area contributed by atoms with Crippen molar-refractivity contribution >= 4 is 0 Å². The van der Waals surface area contributed by atoms with E-state index >= 15 is 0 Å². The smallest absolute Gasteiger partial charge is 0.0150 e. The average molecular weight is 224 g/mol. The third kappa shape index (κ3) is 2.28. The largest absolute Gasteiger partial charge is 0.306 e. The molecular weight excluding hydrogens is 196 g/mol. The van der Waals surface area contributed by atoms with E-state index < -0.39 is 0 Å². The molecule has 2 heterocycles. The second kappa shape index (κ2) is 4.30. The van der Waals surface area contributed by atoms with Gasteiger partial charge in [0.1, 0.15) is 0 Å². The lowest BCUT2D eigenvalue weighted by Crippen LogP contribution is -2.53. The zero-order valence-electron chi connectivity index (χ0n) is 11.6. The third-order valence-electron chi connectivity index (χ3n) is 5.01. The summed E-state index contributed by atoms with van der Waals surface area (Å²) in [4.78, 5) is 5.26. The van der Waals surface area contributed by atoms with Crippen molar-refractivity contribution in [2.24, 2.45) is 5.41 Å². The third-order valence-corrected chi connectivity index (χ3v) is 5.01. The van der Waals surface area contributed by atoms with E-state index in [4.69, 9.17) is 0 Å². The topological polar surface area (TPSA) is 6.48 Å². The van der Waals surface area contributed by atoms with Crippen LogP contribution in [0.1, 0.15) is 46.5 Å². The summed E-state index contributed by atoms with van der Waals surface area (Å²) in [6.07, 6.45) is 5.53. The number of hydrogen-bond donors (Lipinski definition) is 0. The summed E-state index contributed by atoms with van der Waals surface area (Å²) >= 11 is 0. The summed E-state index contributed by atoms with van der Waals surface area (Å²) in [5.74, 6) is 0. The first-order chi connectivity index (χ1) is 7.47. The summed E-state index contributed by atoms with van der Waals surface area (Å²) < 4.78 is 0. The molecule has 2 aliphatic rings. The number of likely N-dealkylation sites (tertiary alicyclic amines) is 2. The van der Waals surface area contributed by atoms with Gasteiger partial charge in [-0.1, -0.05) is 6.92 Å². The predicted molar refractivity (Wildman–Crippen MR) is 69.7 cm³/mol. The zero-order valence-corrected chi connectivity index (χ0v) is 11.6. The minimum atomic E-state index is 0.397. The Kier molecular flexibility index (Phi) is 3.33. The Balaban J connectivity index is 2.04. The van der Waals surface area contributed by atoms with E-state index in [1.807, 2.05) is 0 Å². The summed E-state index contributed by atoms with van der Waals surface area (Å²) in [6.45, 7) is 12.4. The van der Waals surface area contributed by atoms with Crippen molar-refractivity contribution in [3.05, 3.63) is 0 Å². The van der Waals surface area contributed by atoms with Gasteiger partial charge in [0.2, 0.25) is 0 Å². The molecule has 2 heteroatoms. The quantitative estimate of drug-likeness (QED) is 0.711. The van der Waals surface area contributed by atoms with Gasteiger partial charge < -0.3 is 4.90 Å². The van der Waals surface area contributed by atoms with Gasteiger partial charge in [-0.25, -0.2) is 0 Å². The molecule has 2 nitrogen and oxygen atoms in total. The molecule has 1 unspecified atom stereocenters. The number of hydrogen-bond acceptors (Lipinski definition) is 2. The monoisotopic (exact) mass is 224 g/mol. The highest BCUT2D eigenvalue weighted by molar-refractivity contribution is 4.97. The lowest BCUT2D eigenvalue weighted by atomic mass is 9.77. The van der Waals surface area contributed by atoms with Crippen LogP contribution in [0.4, 0.5) is 0 Å². The van der Waals surface area contributed by atoms with E-state index in [9.17, 15) is 0 Å². The van der Waals surface area contributed by atoms with E-state index in [0.29, 0.717) is 11.0 Å². The van der Waals surface area contributed by atoms with Gasteiger partial charge in [0.15, 0.2) is 0 Å². The van der Waals surface area contributed by atoms with E-state index in [1.54, 1.807) is 0 Å². The van der Waals surface area contributed by atoms with Crippen LogP contribution >= 0.6 is 0 Å². The van der Waals surface area contributed by atoms with Crippen molar-refractivity contribution in [2.45, 2.75) is 52.0 Å². The molecule has 0 radical (unpaired) electrons. The molecule has 0 aromatic heterocycles. The average Bonchev–Trinajstić information content (AvgIpc) is 2.60. The highest BCUT2D eigenvalue weighted by atomic mass is 15.2. The normalized spacial score (nSPS) is 33.8. The molecule has 0 N–H and O–H groups in total. The molecule has 16 heavy (non-hydrogen) atoms. The Bertz CT molecular complexity index is 245. The molecule has 0 aromatic rings. The van der Waals surface area contributed by atoms with E-state index in [-0.39, 0.29) is 0 Å². The number of rotatable bonds is 2. The van der Waals surface area contributed by atoms with E-state index in [2.05, 4.69) is 37.6 Å². The molecule has 2 aliphatic heterocycles. The minimum absolute atomic E-state index is 0.397. The first kappa shape index (κ1) is 12.4. The number of nitrogens with zero attached hydrogens (tertiary/aromatic N) is 2. The zero-order chi connectivity index (χ0) is 11.8. The Morgan fingerprint density at radius 3 is 2.44 bits per heavy atom. The Labute approximate surface area is 101 Å². The van der Waals surface area contributed by atoms with Gasteiger partial charge in [0, 0.05) is 18.6 Å². The molecule has 94 valence electrons. The maximum atomic E-state index is 2.75. The summed E-state index contributed by atoms with van der Waals surface area (Å²) in [7, 11) is 2.28. The molecular formula is C14H28N2. The second-order valence-corrected chi connectivity index (χ2v) is 6.68. The standard InChI is InChI=1S/C14H28N2/c1-5-13(2,3)16-9-6-7-14(12-16)8-10-15(4)11-14/h5-12H2,1-4H3. The summed E-state index contributed by atoms with van der Waals surface area (Å²) in [6, 6.07) is 0. The van der Waals surface area contributed by atoms with Crippen molar-refractivity contribution in [1.82, 2.24) is 9.80 Å². The molecule has 2 rings (SSSR count). The van der Waals surface area contributed by atoms with Gasteiger partial charge in [0.05, 0.1) is 0 Å². The summed E-state index contributed by atoms with van der Waals surface area (Å²) in [5.41, 5.74) is 1.02. The van der Waals surface area contributed by atoms with Crippen molar-refractivity contribution in [3.63, 3.8) is 0 Å². The first-order valence-electron chi connectivity index (χ1n) is 6.91. The van der Waals surface area contributed by atoms with Gasteiger partial charge in [-0.3, -0.25) is 4.90 Å². The lowest BCUT2D eigenvalue weighted by molar-refractivity contribution is 0.0201. The van der Waals surface area contributed by atoms with Gasteiger partial charge in [-0.2, -0.15) is 0 Å². The Morgan fingerprint density at radius 2 is 1.88 bits per heavy atom. The van der Waals surface area contributed by atoms with Crippen LogP contribution in [0.15, 0.2) is 0 Å². The fourth-order valence-corrected chi connectivity index (χ4v) is 3.44. The highest BCUT2D eigenvalue weighted by Gasteiger charge is 2.42. The molecule has 2 fully saturated rings. The van der Waals surface area contributed by atoms with Crippen molar-refractivity contribution < 1.29 is 0 Å². The van der Waals surface area contributed by atoms with Gasteiger partial charge in [-0.15, -0.1) is 0 Å². The van der Waals surface area contributed by atoms with Crippen LogP contribution in [0.3, 0.4) is 0 Å². The van der Waals surface area contributed by atoms with Crippen LogP contribution in [0, 0.1) is 5.41 Å². The molecule has 0 bridgehead atoms. The maximum Gasteiger partial charge on any atom is 0.0150 e. The molecule has 1 spiro atoms. The summed E-state index contributed by atoms with van der Waals surface area (Å²) in [5, 5.41) is 0. The van der Waals surface area contributed by atoms with Crippen LogP contribution in [0.25, 0.3) is 0 Å². The lowest BCUT2D eigenvalue weighted by Gasteiger charge is -2.47. The molecule has 2 saturated heterocycles. The fourth-order valence-electron chi connectivity index (χ4n) is 3.44. The van der Waals surface area contributed by atoms with Crippen LogP contribution in [0.5, 0.6) is 0 Å². The molecule has 0 aliphatic carbocycles. The van der Waals surface area contributed by atoms with Crippen LogP contribution in [0.2, 0.25) is 0 Å². The SMILES string of the molecule is CCC(C)(C)N1CCCC2(CCN(C)C2)C1. The molecule has 0 aromatic carbocycles. The minimum Gasteiger partial charge on any atom is -0.306 e. The van der Waals surface area contributed by atoms with Gasteiger partial charge in [0.25, 0.3) is 0 Å². The van der Waals surface area contributed by atoms with Crippen molar-refractivity contribution in [3.8, 4) is 0 Å². The number of piperidine rings is 1. The Hall–Kier alpha value is -0.0800. The molecule has 0 saturated carbocycles. The van der Waals surface area contributed by atoms with Gasteiger partial charge in [-0.05, 0) is 65.1 Å². The Morgan fingerprint density at radius 1 is 1.12 bits per heavy atom.